The summed E-state index contributed by atoms with van der Waals surface area (Å²) >= 11 is 6.88. The standard InChI is InChI=1S/C32H37ClF5N7O3/c1-16-10-20(39)41-26(23(16)32(36,37)38)21-24(33)28-22-27(25(21)35)42-30(48-15-31-5-3-7-44(31)12-18(34)11-31)43-29(22)45(8-6-40-2)19-14-46-9-4-17(19)13-47-28/h10,17-19,40H,3-9,11-15H2,1-2H3,(H2,39,41)/t17?,18-,19?,31+/m1/s1. The monoisotopic (exact) mass is 697 g/mol. The summed E-state index contributed by atoms with van der Waals surface area (Å²) in [6.07, 6.45) is -3.39. The first-order valence-electron chi connectivity index (χ1n) is 16.1. The van der Waals surface area contributed by atoms with Crippen LogP contribution in [0.25, 0.3) is 22.2 Å². The van der Waals surface area contributed by atoms with Crippen LogP contribution in [0.5, 0.6) is 11.8 Å². The van der Waals surface area contributed by atoms with Gasteiger partial charge in [0, 0.05) is 38.6 Å². The van der Waals surface area contributed by atoms with Gasteiger partial charge in [-0.05, 0) is 51.4 Å². The molecular formula is C32H37ClF5N7O3. The Kier molecular flexibility index (Phi) is 8.70. The number of hydrogen-bond donors (Lipinski definition) is 2. The van der Waals surface area contributed by atoms with Crippen LogP contribution < -0.4 is 25.4 Å². The lowest BCUT2D eigenvalue weighted by molar-refractivity contribution is -0.137. The summed E-state index contributed by atoms with van der Waals surface area (Å²) < 4.78 is 93.5. The molecule has 3 fully saturated rings. The van der Waals surface area contributed by atoms with Gasteiger partial charge in [-0.1, -0.05) is 11.6 Å². The molecule has 10 nitrogen and oxygen atoms in total. The second-order valence-corrected chi connectivity index (χ2v) is 13.5. The van der Waals surface area contributed by atoms with Crippen LogP contribution in [0.2, 0.25) is 5.02 Å². The Bertz CT molecular complexity index is 1730. The van der Waals surface area contributed by atoms with Crippen molar-refractivity contribution in [2.45, 2.75) is 56.5 Å². The number of nitrogen functional groups attached to an aromatic ring is 1. The Balaban J connectivity index is 1.47. The van der Waals surface area contributed by atoms with E-state index in [0.29, 0.717) is 39.3 Å². The molecule has 48 heavy (non-hydrogen) atoms. The van der Waals surface area contributed by atoms with Gasteiger partial charge in [0.1, 0.15) is 29.9 Å². The summed E-state index contributed by atoms with van der Waals surface area (Å²) in [5, 5.41) is 2.83. The van der Waals surface area contributed by atoms with E-state index in [0.717, 1.165) is 25.5 Å². The van der Waals surface area contributed by atoms with E-state index >= 15 is 4.39 Å². The first-order valence-corrected chi connectivity index (χ1v) is 16.5. The third kappa shape index (κ3) is 5.65. The van der Waals surface area contributed by atoms with Gasteiger partial charge in [0.05, 0.1) is 52.0 Å². The van der Waals surface area contributed by atoms with Crippen LogP contribution >= 0.6 is 11.6 Å². The van der Waals surface area contributed by atoms with Gasteiger partial charge in [-0.3, -0.25) is 4.90 Å². The van der Waals surface area contributed by atoms with Crippen molar-refractivity contribution in [2.75, 3.05) is 70.3 Å². The van der Waals surface area contributed by atoms with Crippen molar-refractivity contribution in [3.8, 4) is 23.0 Å². The van der Waals surface area contributed by atoms with Crippen molar-refractivity contribution >= 4 is 34.1 Å². The van der Waals surface area contributed by atoms with Gasteiger partial charge >= 0.3 is 12.2 Å². The number of benzene rings is 1. The van der Waals surface area contributed by atoms with E-state index in [1.165, 1.54) is 6.92 Å². The predicted molar refractivity (Wildman–Crippen MR) is 170 cm³/mol. The lowest BCUT2D eigenvalue weighted by atomic mass is 9.92. The van der Waals surface area contributed by atoms with Crippen LogP contribution in [0.4, 0.5) is 33.6 Å². The number of aromatic nitrogens is 3. The molecular weight excluding hydrogens is 661 g/mol. The highest BCUT2D eigenvalue weighted by Gasteiger charge is 2.50. The molecule has 0 amide bonds. The van der Waals surface area contributed by atoms with Crippen molar-refractivity contribution in [1.82, 2.24) is 25.2 Å². The molecule has 2 aromatic heterocycles. The van der Waals surface area contributed by atoms with E-state index in [9.17, 15) is 17.6 Å². The topological polar surface area (TPSA) is 111 Å². The summed E-state index contributed by atoms with van der Waals surface area (Å²) in [4.78, 5) is 17.3. The smallest absolute Gasteiger partial charge is 0.418 e. The van der Waals surface area contributed by atoms with Crippen molar-refractivity contribution in [1.29, 1.82) is 0 Å². The Morgan fingerprint density at radius 1 is 1.23 bits per heavy atom. The lowest BCUT2D eigenvalue weighted by Gasteiger charge is -2.42. The maximum atomic E-state index is 17.1. The fraction of sp³-hybridized carbons (Fsp3) is 0.594. The number of pyridine rings is 1. The molecule has 0 bridgehead atoms. The predicted octanol–water partition coefficient (Wildman–Crippen LogP) is 5.17. The fourth-order valence-electron chi connectivity index (χ4n) is 7.89. The Morgan fingerprint density at radius 3 is 2.81 bits per heavy atom. The molecule has 6 heterocycles. The third-order valence-electron chi connectivity index (χ3n) is 10.1. The Hall–Kier alpha value is -3.27. The molecule has 16 heteroatoms. The molecule has 4 aliphatic rings. The van der Waals surface area contributed by atoms with Crippen molar-refractivity contribution < 1.29 is 36.2 Å². The third-order valence-corrected chi connectivity index (χ3v) is 10.5. The van der Waals surface area contributed by atoms with Crippen LogP contribution in [-0.2, 0) is 10.9 Å². The molecule has 4 atom stereocenters. The summed E-state index contributed by atoms with van der Waals surface area (Å²) in [5.41, 5.74) is 2.17. The minimum Gasteiger partial charge on any atom is -0.491 e. The van der Waals surface area contributed by atoms with Gasteiger partial charge in [0.2, 0.25) is 0 Å². The first kappa shape index (κ1) is 33.2. The molecule has 1 aromatic carbocycles. The number of halogens is 6. The number of hydrogen-bond acceptors (Lipinski definition) is 10. The van der Waals surface area contributed by atoms with Crippen LogP contribution in [0.1, 0.15) is 36.8 Å². The molecule has 0 aliphatic carbocycles. The first-order chi connectivity index (χ1) is 22.9. The summed E-state index contributed by atoms with van der Waals surface area (Å²) in [5.74, 6) is -1.29. The number of aryl methyl sites for hydroxylation is 1. The lowest BCUT2D eigenvalue weighted by Crippen LogP contribution is -2.51. The van der Waals surface area contributed by atoms with Crippen molar-refractivity contribution in [3.63, 3.8) is 0 Å². The number of rotatable bonds is 7. The number of anilines is 2. The fourth-order valence-corrected chi connectivity index (χ4v) is 8.21. The average molecular weight is 698 g/mol. The molecule has 260 valence electrons. The SMILES string of the molecule is CNCCN1c2nc(OC[C@@]34CCCN3C[C@H](F)C4)nc3c(F)c(-c4nc(N)cc(C)c4C(F)(F)F)c(Cl)c(c23)OCC2CCOCC21. The zero-order chi connectivity index (χ0) is 34.0. The normalized spacial score (nSPS) is 25.8. The van der Waals surface area contributed by atoms with Crippen LogP contribution in [0.3, 0.4) is 0 Å². The highest BCUT2D eigenvalue weighted by molar-refractivity contribution is 6.36. The largest absolute Gasteiger partial charge is 0.491 e. The minimum absolute atomic E-state index is 0.0592. The zero-order valence-electron chi connectivity index (χ0n) is 26.6. The van der Waals surface area contributed by atoms with Crippen LogP contribution in [-0.4, -0.2) is 97.3 Å². The van der Waals surface area contributed by atoms with Gasteiger partial charge < -0.3 is 30.2 Å². The zero-order valence-corrected chi connectivity index (χ0v) is 27.4. The number of nitrogens with zero attached hydrogens (tertiary/aromatic N) is 5. The maximum Gasteiger partial charge on any atom is 0.418 e. The number of nitrogens with two attached hydrogens (primary N) is 1. The van der Waals surface area contributed by atoms with Crippen molar-refractivity contribution in [2.24, 2.45) is 5.92 Å². The Labute approximate surface area is 279 Å². The van der Waals surface area contributed by atoms with E-state index in [-0.39, 0.29) is 71.5 Å². The van der Waals surface area contributed by atoms with Crippen LogP contribution in [0.15, 0.2) is 6.07 Å². The molecule has 3 N–H and O–H groups in total. The van der Waals surface area contributed by atoms with Gasteiger partial charge in [0.15, 0.2) is 11.6 Å². The van der Waals surface area contributed by atoms with E-state index in [1.54, 1.807) is 7.05 Å². The molecule has 7 rings (SSSR count). The number of ether oxygens (including phenoxy) is 3. The second-order valence-electron chi connectivity index (χ2n) is 13.1. The highest BCUT2D eigenvalue weighted by atomic mass is 35.5. The van der Waals surface area contributed by atoms with E-state index in [1.807, 2.05) is 4.90 Å². The number of alkyl halides is 4. The summed E-state index contributed by atoms with van der Waals surface area (Å²) in [6, 6.07) is 0.645. The van der Waals surface area contributed by atoms with Gasteiger partial charge in [-0.2, -0.15) is 23.1 Å². The molecule has 4 aliphatic heterocycles. The molecule has 3 aromatic rings. The van der Waals surface area contributed by atoms with Crippen molar-refractivity contribution in [3.05, 3.63) is 28.0 Å². The molecule has 3 saturated heterocycles. The maximum absolute atomic E-state index is 17.1. The molecule has 0 radical (unpaired) electrons. The average Bonchev–Trinajstić information content (AvgIpc) is 3.54. The molecule has 2 unspecified atom stereocenters. The molecule has 0 saturated carbocycles. The highest BCUT2D eigenvalue weighted by Crippen LogP contribution is 2.51. The number of fused-ring (bicyclic) bond motifs is 2. The van der Waals surface area contributed by atoms with Gasteiger partial charge in [0.25, 0.3) is 0 Å². The van der Waals surface area contributed by atoms with E-state index in [4.69, 9.17) is 36.5 Å². The minimum atomic E-state index is -4.91. The van der Waals surface area contributed by atoms with Gasteiger partial charge in [-0.25, -0.2) is 13.8 Å². The quantitative estimate of drug-likeness (QED) is 0.321. The van der Waals surface area contributed by atoms with Gasteiger partial charge in [-0.15, -0.1) is 0 Å². The second kappa shape index (κ2) is 12.6. The summed E-state index contributed by atoms with van der Waals surface area (Å²) in [6.45, 7) is 4.24. The number of likely N-dealkylation sites (N-methyl/N-ethyl adjacent to an activating group) is 1. The van der Waals surface area contributed by atoms with E-state index < -0.39 is 45.5 Å². The van der Waals surface area contributed by atoms with Crippen LogP contribution in [0, 0.1) is 18.7 Å². The summed E-state index contributed by atoms with van der Waals surface area (Å²) in [7, 11) is 1.80. The van der Waals surface area contributed by atoms with E-state index in [2.05, 4.69) is 20.2 Å². The number of nitrogens with one attached hydrogen (secondary N) is 1. The Morgan fingerprint density at radius 2 is 2.04 bits per heavy atom. The molecule has 0 spiro atoms.